The molecule has 0 saturated carbocycles. The predicted molar refractivity (Wildman–Crippen MR) is 181 cm³/mol. The van der Waals surface area contributed by atoms with Gasteiger partial charge in [-0.15, -0.1) is 23.1 Å². The molecule has 2 aromatic rings. The highest BCUT2D eigenvalue weighted by atomic mass is 35.5. The summed E-state index contributed by atoms with van der Waals surface area (Å²) in [5, 5.41) is 47.8. The number of nitrogens with one attached hydrogen (secondary N) is 2. The number of oxime groups is 1. The van der Waals surface area contributed by atoms with Crippen molar-refractivity contribution in [3.63, 3.8) is 0 Å². The van der Waals surface area contributed by atoms with E-state index in [0.29, 0.717) is 17.1 Å². The lowest BCUT2D eigenvalue weighted by Crippen LogP contribution is -2.71. The van der Waals surface area contributed by atoms with E-state index in [1.165, 1.54) is 48.8 Å². The molecule has 1 aromatic heterocycles. The van der Waals surface area contributed by atoms with Gasteiger partial charge in [-0.25, -0.2) is 14.6 Å². The number of thiazole rings is 1. The van der Waals surface area contributed by atoms with Gasteiger partial charge in [0.1, 0.15) is 22.8 Å². The maximum Gasteiger partial charge on any atom is 0.352 e. The van der Waals surface area contributed by atoms with E-state index in [-0.39, 0.29) is 52.6 Å². The monoisotopic (exact) mass is 758 g/mol. The molecule has 4 rings (SSSR count). The number of rotatable bonds is 16. The first-order valence-electron chi connectivity index (χ1n) is 14.2. The summed E-state index contributed by atoms with van der Waals surface area (Å²) in [7, 11) is 0. The van der Waals surface area contributed by atoms with E-state index in [1.54, 1.807) is 0 Å². The van der Waals surface area contributed by atoms with Crippen LogP contribution in [-0.4, -0.2) is 120 Å². The van der Waals surface area contributed by atoms with E-state index in [4.69, 9.17) is 26.9 Å². The number of carboxylic acids is 2. The van der Waals surface area contributed by atoms with E-state index >= 15 is 0 Å². The van der Waals surface area contributed by atoms with Crippen LogP contribution < -0.4 is 16.4 Å². The van der Waals surface area contributed by atoms with Crippen molar-refractivity contribution in [1.29, 1.82) is 0 Å². The van der Waals surface area contributed by atoms with Crippen LogP contribution in [0.4, 0.5) is 5.13 Å². The van der Waals surface area contributed by atoms with E-state index in [9.17, 15) is 44.4 Å². The van der Waals surface area contributed by atoms with Crippen molar-refractivity contribution < 1.29 is 54.0 Å². The summed E-state index contributed by atoms with van der Waals surface area (Å²) >= 11 is 9.56. The Morgan fingerprint density at radius 2 is 1.96 bits per heavy atom. The highest BCUT2D eigenvalue weighted by molar-refractivity contribution is 8.01. The molecule has 2 aliphatic rings. The number of β-lactam (4-membered cyclic amide) rings is 1. The lowest BCUT2D eigenvalue weighted by Gasteiger charge is -2.49. The number of benzene rings is 1. The molecule has 1 aromatic carbocycles. The van der Waals surface area contributed by atoms with Gasteiger partial charge in [-0.2, -0.15) is 11.8 Å². The molecule has 0 unspecified atom stereocenters. The van der Waals surface area contributed by atoms with Crippen molar-refractivity contribution in [2.24, 2.45) is 5.16 Å². The fourth-order valence-corrected chi connectivity index (χ4v) is 7.41. The standard InChI is InChI=1S/C28H31ClN6O11S3/c1-28(2,26(43)44)46-34-17(14-11-49-27(30)32-14)22(39)33-18-23(40)35-19(25(41)42)12(10-48-24(18)35)9-47-8-7-45-6-5-31-21(38)13-3-4-15(36)20(37)16(13)29/h3-4,11,18,24,36-37H,5-10H2,1-2H3,(H2,30,32)(H,31,38)(H,33,39)(H,41,42)(H,43,44)/b34-17-/t18-,24-/m1/s1. The van der Waals surface area contributed by atoms with Crippen LogP contribution in [0.15, 0.2) is 33.9 Å². The molecule has 21 heteroatoms. The molecule has 2 aliphatic heterocycles. The van der Waals surface area contributed by atoms with E-state index in [0.717, 1.165) is 22.3 Å². The van der Waals surface area contributed by atoms with Gasteiger partial charge in [-0.1, -0.05) is 16.8 Å². The SMILES string of the molecule is CC(C)(O/N=C(\C(=O)N[C@@H]1C(=O)N2C(C(=O)O)=C(CSCCOCCNC(=O)c3ccc(O)c(O)c3Cl)CS[C@H]12)c1csc(N)n1)C(=O)O. The van der Waals surface area contributed by atoms with Gasteiger partial charge in [0.2, 0.25) is 5.60 Å². The number of nitrogens with zero attached hydrogens (tertiary/aromatic N) is 3. The summed E-state index contributed by atoms with van der Waals surface area (Å²) in [6.07, 6.45) is 0. The van der Waals surface area contributed by atoms with Crippen LogP contribution in [0.25, 0.3) is 0 Å². The van der Waals surface area contributed by atoms with Gasteiger partial charge < -0.3 is 46.4 Å². The first kappa shape index (κ1) is 37.6. The fourth-order valence-electron chi connectivity index (χ4n) is 4.28. The zero-order valence-corrected chi connectivity index (χ0v) is 29.0. The lowest BCUT2D eigenvalue weighted by atomic mass is 10.0. The second kappa shape index (κ2) is 16.0. The molecule has 3 amide bonds. The number of fused-ring (bicyclic) bond motifs is 1. The number of anilines is 1. The number of phenols is 2. The third kappa shape index (κ3) is 8.68. The number of halogens is 1. The molecule has 49 heavy (non-hydrogen) atoms. The maximum absolute atomic E-state index is 13.2. The van der Waals surface area contributed by atoms with Crippen molar-refractivity contribution in [2.75, 3.05) is 42.8 Å². The Labute approximate surface area is 295 Å². The number of carbonyl (C=O) groups is 5. The molecule has 0 spiro atoms. The van der Waals surface area contributed by atoms with Gasteiger partial charge in [-0.05, 0) is 31.6 Å². The van der Waals surface area contributed by atoms with Crippen molar-refractivity contribution in [3.05, 3.63) is 45.1 Å². The average molecular weight is 759 g/mol. The molecular weight excluding hydrogens is 728 g/mol. The maximum atomic E-state index is 13.2. The van der Waals surface area contributed by atoms with Crippen LogP contribution in [0, 0.1) is 0 Å². The molecular formula is C28H31ClN6O11S3. The van der Waals surface area contributed by atoms with Gasteiger partial charge in [0, 0.05) is 29.2 Å². The quantitative estimate of drug-likeness (QED) is 0.0418. The van der Waals surface area contributed by atoms with Crippen molar-refractivity contribution >= 4 is 87.0 Å². The van der Waals surface area contributed by atoms with Gasteiger partial charge in [0.25, 0.3) is 17.7 Å². The number of carboxylic acid groups (broad SMARTS) is 2. The van der Waals surface area contributed by atoms with E-state index < -0.39 is 63.9 Å². The lowest BCUT2D eigenvalue weighted by molar-refractivity contribution is -0.161. The van der Waals surface area contributed by atoms with Crippen molar-refractivity contribution in [3.8, 4) is 11.5 Å². The van der Waals surface area contributed by atoms with Gasteiger partial charge >= 0.3 is 11.9 Å². The summed E-state index contributed by atoms with van der Waals surface area (Å²) in [5.41, 5.74) is 3.83. The molecule has 17 nitrogen and oxygen atoms in total. The second-order valence-corrected chi connectivity index (χ2v) is 14.2. The highest BCUT2D eigenvalue weighted by Gasteiger charge is 2.54. The summed E-state index contributed by atoms with van der Waals surface area (Å²) in [6.45, 7) is 3.04. The Morgan fingerprint density at radius 1 is 1.22 bits per heavy atom. The Hall–Kier alpha value is -4.24. The third-order valence-corrected chi connectivity index (χ3v) is 10.3. The van der Waals surface area contributed by atoms with Crippen LogP contribution in [0.3, 0.4) is 0 Å². The van der Waals surface area contributed by atoms with Crippen molar-refractivity contribution in [1.82, 2.24) is 20.5 Å². The number of nitrogens with two attached hydrogens (primary N) is 1. The molecule has 1 saturated heterocycles. The molecule has 0 aliphatic carbocycles. The highest BCUT2D eigenvalue weighted by Crippen LogP contribution is 2.41. The molecule has 8 N–H and O–H groups in total. The third-order valence-electron chi connectivity index (χ3n) is 6.92. The molecule has 2 atom stereocenters. The number of thioether (sulfide) groups is 2. The number of hydrogen-bond acceptors (Lipinski definition) is 15. The largest absolute Gasteiger partial charge is 0.504 e. The Bertz CT molecular complexity index is 1720. The smallest absolute Gasteiger partial charge is 0.352 e. The number of ether oxygens (including phenoxy) is 1. The number of aromatic hydroxyl groups is 2. The van der Waals surface area contributed by atoms with Crippen LogP contribution in [0.2, 0.25) is 5.02 Å². The molecule has 264 valence electrons. The minimum Gasteiger partial charge on any atom is -0.504 e. The summed E-state index contributed by atoms with van der Waals surface area (Å²) < 4.78 is 5.52. The Morgan fingerprint density at radius 3 is 2.61 bits per heavy atom. The predicted octanol–water partition coefficient (Wildman–Crippen LogP) is 1.29. The minimum atomic E-state index is -1.79. The van der Waals surface area contributed by atoms with Crippen LogP contribution >= 0.6 is 46.5 Å². The topological polar surface area (TPSA) is 263 Å². The van der Waals surface area contributed by atoms with E-state index in [2.05, 4.69) is 20.8 Å². The molecule has 0 radical (unpaired) electrons. The normalized spacial score (nSPS) is 17.7. The summed E-state index contributed by atoms with van der Waals surface area (Å²) in [5.74, 6) is -4.73. The molecule has 0 bridgehead atoms. The Balaban J connectivity index is 1.28. The number of hydrogen-bond donors (Lipinski definition) is 7. The minimum absolute atomic E-state index is 0.000388. The Kier molecular flexibility index (Phi) is 12.3. The summed E-state index contributed by atoms with van der Waals surface area (Å²) in [6, 6.07) is 1.32. The number of aliphatic carboxylic acids is 2. The van der Waals surface area contributed by atoms with Crippen LogP contribution in [0.1, 0.15) is 29.9 Å². The summed E-state index contributed by atoms with van der Waals surface area (Å²) in [4.78, 5) is 72.5. The molecule has 3 heterocycles. The van der Waals surface area contributed by atoms with Crippen LogP contribution in [0.5, 0.6) is 11.5 Å². The number of nitrogen functional groups attached to an aromatic ring is 1. The number of aromatic nitrogens is 1. The second-order valence-electron chi connectivity index (χ2n) is 10.8. The van der Waals surface area contributed by atoms with Crippen molar-refractivity contribution in [2.45, 2.75) is 30.9 Å². The number of amides is 3. The van der Waals surface area contributed by atoms with Gasteiger partial charge in [0.15, 0.2) is 22.3 Å². The van der Waals surface area contributed by atoms with Gasteiger partial charge in [0.05, 0.1) is 23.8 Å². The zero-order chi connectivity index (χ0) is 36.0. The molecule has 1 fully saturated rings. The first-order valence-corrected chi connectivity index (χ1v) is 17.7. The number of carbonyl (C=O) groups excluding carboxylic acids is 3. The van der Waals surface area contributed by atoms with Gasteiger partial charge in [-0.3, -0.25) is 19.3 Å². The zero-order valence-electron chi connectivity index (χ0n) is 25.8. The van der Waals surface area contributed by atoms with Crippen LogP contribution in [-0.2, 0) is 28.8 Å². The average Bonchev–Trinajstić information content (AvgIpc) is 3.48. The fraction of sp³-hybridized carbons (Fsp3) is 0.393. The number of phenolic OH excluding ortho intramolecular Hbond substituents is 2. The van der Waals surface area contributed by atoms with E-state index in [1.807, 2.05) is 0 Å². The first-order chi connectivity index (χ1) is 23.1.